The largest absolute Gasteiger partial charge is 0.496 e. The Morgan fingerprint density at radius 1 is 1.29 bits per heavy atom. The van der Waals surface area contributed by atoms with Crippen LogP contribution in [0, 0.1) is 0 Å². The Morgan fingerprint density at radius 2 is 2.05 bits per heavy atom. The number of ether oxygens (including phenoxy) is 1. The Labute approximate surface area is 151 Å². The number of rotatable bonds is 6. The molecule has 1 aromatic heterocycles. The van der Waals surface area contributed by atoms with Gasteiger partial charge in [-0.2, -0.15) is 0 Å². The fraction of sp³-hybridized carbons (Fsp3) is 0.333. The topological polar surface area (TPSA) is 21.3 Å². The summed E-state index contributed by atoms with van der Waals surface area (Å²) in [5, 5.41) is 3.58. The number of hydrogen-bond donors (Lipinski definition) is 1. The van der Waals surface area contributed by atoms with Crippen molar-refractivity contribution in [2.45, 2.75) is 19.4 Å². The highest BCUT2D eigenvalue weighted by Crippen LogP contribution is 2.38. The van der Waals surface area contributed by atoms with Gasteiger partial charge in [-0.15, -0.1) is 11.3 Å². The molecule has 0 amide bonds. The zero-order chi connectivity index (χ0) is 15.4. The van der Waals surface area contributed by atoms with E-state index in [1.807, 2.05) is 6.07 Å². The van der Waals surface area contributed by atoms with Crippen LogP contribution in [0.3, 0.4) is 0 Å². The van der Waals surface area contributed by atoms with Gasteiger partial charge in [-0.25, -0.2) is 0 Å². The highest BCUT2D eigenvalue weighted by Gasteiger charge is 2.18. The van der Waals surface area contributed by atoms with Gasteiger partial charge in [0.2, 0.25) is 0 Å². The fourth-order valence-corrected chi connectivity index (χ4v) is 4.44. The molecule has 21 heavy (non-hydrogen) atoms. The molecular formula is C15H16Br2ClNOS. The van der Waals surface area contributed by atoms with Gasteiger partial charge in [-0.05, 0) is 68.6 Å². The first-order valence-corrected chi connectivity index (χ1v) is 9.36. The van der Waals surface area contributed by atoms with E-state index in [4.69, 9.17) is 16.3 Å². The molecule has 1 N–H and O–H groups in total. The van der Waals surface area contributed by atoms with Gasteiger partial charge in [0.25, 0.3) is 0 Å². The molecule has 0 aliphatic rings. The molecule has 2 nitrogen and oxygen atoms in total. The highest BCUT2D eigenvalue weighted by molar-refractivity contribution is 9.11. The maximum atomic E-state index is 6.19. The molecule has 1 unspecified atom stereocenters. The second kappa shape index (κ2) is 7.97. The third kappa shape index (κ3) is 4.23. The van der Waals surface area contributed by atoms with Crippen LogP contribution in [0.15, 0.2) is 33.2 Å². The third-order valence-electron chi connectivity index (χ3n) is 3.06. The summed E-state index contributed by atoms with van der Waals surface area (Å²) in [6.07, 6.45) is 1.08. The first-order valence-electron chi connectivity index (χ1n) is 6.58. The average Bonchev–Trinajstić information content (AvgIpc) is 2.79. The summed E-state index contributed by atoms with van der Waals surface area (Å²) in [4.78, 5) is 1.19. The summed E-state index contributed by atoms with van der Waals surface area (Å²) in [7, 11) is 1.67. The highest BCUT2D eigenvalue weighted by atomic mass is 79.9. The molecule has 2 aromatic rings. The summed E-state index contributed by atoms with van der Waals surface area (Å²) in [5.41, 5.74) is 1.18. The zero-order valence-corrected chi connectivity index (χ0v) is 16.5. The fourth-order valence-electron chi connectivity index (χ4n) is 2.04. The molecule has 6 heteroatoms. The standard InChI is InChI=1S/C15H16Br2ClNOS/c1-3-6-19-14(13-8-11(17)15(18)21-13)9-4-5-12(20-2)10(16)7-9/h4-5,7-8,14,19H,3,6H2,1-2H3. The maximum Gasteiger partial charge on any atom is 0.133 e. The van der Waals surface area contributed by atoms with Crippen molar-refractivity contribution in [3.8, 4) is 5.75 Å². The Morgan fingerprint density at radius 3 is 2.57 bits per heavy atom. The van der Waals surface area contributed by atoms with E-state index in [9.17, 15) is 0 Å². The Hall–Kier alpha value is -0.0700. The van der Waals surface area contributed by atoms with Crippen molar-refractivity contribution in [2.75, 3.05) is 13.7 Å². The van der Waals surface area contributed by atoms with Crippen molar-refractivity contribution < 1.29 is 4.74 Å². The number of nitrogens with one attached hydrogen (secondary N) is 1. The van der Waals surface area contributed by atoms with E-state index in [-0.39, 0.29) is 6.04 Å². The molecule has 1 aromatic carbocycles. The molecule has 2 rings (SSSR count). The predicted molar refractivity (Wildman–Crippen MR) is 97.9 cm³/mol. The summed E-state index contributed by atoms with van der Waals surface area (Å²) in [6.45, 7) is 3.10. The summed E-state index contributed by atoms with van der Waals surface area (Å²) < 4.78 is 7.97. The van der Waals surface area contributed by atoms with E-state index in [0.29, 0.717) is 0 Å². The second-order valence-corrected chi connectivity index (χ2v) is 7.95. The van der Waals surface area contributed by atoms with Crippen molar-refractivity contribution in [1.82, 2.24) is 5.32 Å². The van der Waals surface area contributed by atoms with Gasteiger partial charge in [0.05, 0.1) is 17.6 Å². The normalized spacial score (nSPS) is 12.4. The lowest BCUT2D eigenvalue weighted by atomic mass is 10.0. The van der Waals surface area contributed by atoms with E-state index in [2.05, 4.69) is 62.3 Å². The van der Waals surface area contributed by atoms with Crippen molar-refractivity contribution in [2.24, 2.45) is 0 Å². The Balaban J connectivity index is 2.37. The molecule has 0 bridgehead atoms. The lowest BCUT2D eigenvalue weighted by Crippen LogP contribution is -2.22. The molecule has 0 radical (unpaired) electrons. The minimum Gasteiger partial charge on any atom is -0.496 e. The van der Waals surface area contributed by atoms with Gasteiger partial charge in [0, 0.05) is 9.35 Å². The number of hydrogen-bond acceptors (Lipinski definition) is 3. The van der Waals surface area contributed by atoms with E-state index < -0.39 is 0 Å². The third-order valence-corrected chi connectivity index (χ3v) is 6.22. The predicted octanol–water partition coefficient (Wildman–Crippen LogP) is 6.02. The molecular weight excluding hydrogens is 437 g/mol. The van der Waals surface area contributed by atoms with Crippen LogP contribution in [0.4, 0.5) is 0 Å². The van der Waals surface area contributed by atoms with Crippen molar-refractivity contribution in [3.05, 3.63) is 48.0 Å². The Kier molecular flexibility index (Phi) is 6.56. The molecule has 0 saturated heterocycles. The Bertz CT molecular complexity index is 598. The van der Waals surface area contributed by atoms with Crippen LogP contribution in [0.1, 0.15) is 29.8 Å². The molecule has 1 atom stereocenters. The zero-order valence-electron chi connectivity index (χ0n) is 11.8. The monoisotopic (exact) mass is 451 g/mol. The van der Waals surface area contributed by atoms with Crippen LogP contribution in [0.2, 0.25) is 4.34 Å². The van der Waals surface area contributed by atoms with Crippen LogP contribution in [-0.2, 0) is 0 Å². The van der Waals surface area contributed by atoms with E-state index in [0.717, 1.165) is 32.0 Å². The maximum absolute atomic E-state index is 6.19. The van der Waals surface area contributed by atoms with Gasteiger partial charge < -0.3 is 10.1 Å². The van der Waals surface area contributed by atoms with Crippen LogP contribution >= 0.6 is 54.8 Å². The molecule has 0 aliphatic heterocycles. The van der Waals surface area contributed by atoms with Crippen LogP contribution in [-0.4, -0.2) is 13.7 Å². The lowest BCUT2D eigenvalue weighted by Gasteiger charge is -2.18. The molecule has 0 fully saturated rings. The van der Waals surface area contributed by atoms with E-state index >= 15 is 0 Å². The van der Waals surface area contributed by atoms with Gasteiger partial charge in [0.15, 0.2) is 0 Å². The molecule has 1 heterocycles. The summed E-state index contributed by atoms with van der Waals surface area (Å²) in [5.74, 6) is 0.832. The smallest absolute Gasteiger partial charge is 0.133 e. The van der Waals surface area contributed by atoms with Crippen molar-refractivity contribution in [1.29, 1.82) is 0 Å². The van der Waals surface area contributed by atoms with Gasteiger partial charge >= 0.3 is 0 Å². The van der Waals surface area contributed by atoms with Crippen LogP contribution in [0.5, 0.6) is 5.75 Å². The van der Waals surface area contributed by atoms with Crippen LogP contribution in [0.25, 0.3) is 0 Å². The first-order chi connectivity index (χ1) is 10.1. The molecule has 0 aliphatic carbocycles. The van der Waals surface area contributed by atoms with Gasteiger partial charge in [0.1, 0.15) is 10.1 Å². The van der Waals surface area contributed by atoms with Gasteiger partial charge in [-0.1, -0.05) is 24.6 Å². The molecule has 0 spiro atoms. The molecule has 0 saturated carbocycles. The first kappa shape index (κ1) is 17.3. The van der Waals surface area contributed by atoms with Crippen LogP contribution < -0.4 is 10.1 Å². The SMILES string of the molecule is CCCNC(c1ccc(OC)c(Br)c1)c1cc(Br)c(Cl)s1. The minimum atomic E-state index is 0.126. The number of halogens is 3. The summed E-state index contributed by atoms with van der Waals surface area (Å²) in [6, 6.07) is 8.36. The number of methoxy groups -OCH3 is 1. The van der Waals surface area contributed by atoms with E-state index in [1.54, 1.807) is 18.4 Å². The number of benzene rings is 1. The quantitative estimate of drug-likeness (QED) is 0.577. The molecule has 114 valence electrons. The second-order valence-electron chi connectivity index (χ2n) is 4.55. The minimum absolute atomic E-state index is 0.126. The van der Waals surface area contributed by atoms with Crippen molar-refractivity contribution in [3.63, 3.8) is 0 Å². The lowest BCUT2D eigenvalue weighted by molar-refractivity contribution is 0.411. The van der Waals surface area contributed by atoms with Gasteiger partial charge in [-0.3, -0.25) is 0 Å². The number of thiophene rings is 1. The average molecular weight is 454 g/mol. The van der Waals surface area contributed by atoms with E-state index in [1.165, 1.54) is 10.4 Å². The summed E-state index contributed by atoms with van der Waals surface area (Å²) >= 11 is 14.8. The van der Waals surface area contributed by atoms with Crippen molar-refractivity contribution >= 4 is 54.8 Å².